The summed E-state index contributed by atoms with van der Waals surface area (Å²) in [4.78, 5) is 16.7. The normalized spacial score (nSPS) is 23.5. The van der Waals surface area contributed by atoms with Crippen molar-refractivity contribution >= 4 is 17.5 Å². The number of morpholine rings is 1. The van der Waals surface area contributed by atoms with Gasteiger partial charge >= 0.3 is 0 Å². The van der Waals surface area contributed by atoms with E-state index in [0.717, 1.165) is 32.7 Å². The first-order valence-corrected chi connectivity index (χ1v) is 7.62. The molecular weight excluding hydrogens is 292 g/mol. The van der Waals surface area contributed by atoms with Crippen LogP contribution in [-0.2, 0) is 4.74 Å². The highest BCUT2D eigenvalue weighted by Gasteiger charge is 2.32. The molecule has 0 aromatic heterocycles. The fourth-order valence-corrected chi connectivity index (χ4v) is 3.19. The maximum Gasteiger partial charge on any atom is 0.257 e. The molecule has 0 aliphatic carbocycles. The molecule has 2 fully saturated rings. The Labute approximate surface area is 129 Å². The molecule has 0 bridgehead atoms. The molecule has 6 heteroatoms. The van der Waals surface area contributed by atoms with Gasteiger partial charge < -0.3 is 14.7 Å². The summed E-state index contributed by atoms with van der Waals surface area (Å²) in [6.07, 6.45) is 0.965. The molecular formula is C15H19ClN2O3. The van der Waals surface area contributed by atoms with Crippen LogP contribution in [0.15, 0.2) is 18.2 Å². The van der Waals surface area contributed by atoms with E-state index in [1.165, 1.54) is 12.1 Å². The van der Waals surface area contributed by atoms with Gasteiger partial charge in [0.1, 0.15) is 5.75 Å². The molecule has 2 heterocycles. The van der Waals surface area contributed by atoms with E-state index in [-0.39, 0.29) is 17.2 Å². The average Bonchev–Trinajstić information content (AvgIpc) is 3.00. The molecule has 1 unspecified atom stereocenters. The van der Waals surface area contributed by atoms with Gasteiger partial charge in [0.2, 0.25) is 0 Å². The number of hydrogen-bond donors (Lipinski definition) is 1. The summed E-state index contributed by atoms with van der Waals surface area (Å²) in [7, 11) is 0. The number of hydrogen-bond acceptors (Lipinski definition) is 4. The van der Waals surface area contributed by atoms with Crippen molar-refractivity contribution in [2.75, 3.05) is 39.4 Å². The first kappa shape index (κ1) is 14.6. The number of ether oxygens (including phenoxy) is 1. The van der Waals surface area contributed by atoms with E-state index in [1.54, 1.807) is 11.0 Å². The highest BCUT2D eigenvalue weighted by Crippen LogP contribution is 2.25. The van der Waals surface area contributed by atoms with Crippen LogP contribution in [0.4, 0.5) is 0 Å². The topological polar surface area (TPSA) is 53.0 Å². The lowest BCUT2D eigenvalue weighted by atomic mass is 10.1. The van der Waals surface area contributed by atoms with Crippen LogP contribution >= 0.6 is 11.6 Å². The van der Waals surface area contributed by atoms with Crippen molar-refractivity contribution in [3.8, 4) is 5.75 Å². The van der Waals surface area contributed by atoms with E-state index >= 15 is 0 Å². The summed E-state index contributed by atoms with van der Waals surface area (Å²) in [6.45, 7) is 4.79. The third kappa shape index (κ3) is 3.15. The molecule has 5 nitrogen and oxygen atoms in total. The second kappa shape index (κ2) is 6.22. The summed E-state index contributed by atoms with van der Waals surface area (Å²) < 4.78 is 5.36. The number of nitrogens with zero attached hydrogens (tertiary/aromatic N) is 2. The molecule has 0 radical (unpaired) electrons. The first-order chi connectivity index (χ1) is 10.1. The van der Waals surface area contributed by atoms with Gasteiger partial charge in [-0.3, -0.25) is 9.69 Å². The van der Waals surface area contributed by atoms with E-state index in [1.807, 2.05) is 0 Å². The Bertz CT molecular complexity index is 532. The van der Waals surface area contributed by atoms with Gasteiger partial charge in [0.25, 0.3) is 5.91 Å². The molecule has 1 N–H and O–H groups in total. The number of aromatic hydroxyl groups is 1. The summed E-state index contributed by atoms with van der Waals surface area (Å²) in [6, 6.07) is 4.96. The standard InChI is InChI=1S/C15H19ClN2O3/c16-11-1-2-14(19)13(9-11)15(20)18-4-3-12(10-18)17-5-7-21-8-6-17/h1-2,9,12,19H,3-8,10H2. The van der Waals surface area contributed by atoms with Gasteiger partial charge in [-0.05, 0) is 24.6 Å². The summed E-state index contributed by atoms with van der Waals surface area (Å²) in [5.41, 5.74) is 0.283. The second-order valence-electron chi connectivity index (χ2n) is 5.50. The monoisotopic (exact) mass is 310 g/mol. The number of amides is 1. The zero-order valence-electron chi connectivity index (χ0n) is 11.8. The van der Waals surface area contributed by atoms with Gasteiger partial charge in [-0.15, -0.1) is 0 Å². The minimum atomic E-state index is -0.147. The summed E-state index contributed by atoms with van der Waals surface area (Å²) in [5, 5.41) is 10.3. The fraction of sp³-hybridized carbons (Fsp3) is 0.533. The molecule has 0 saturated carbocycles. The highest BCUT2D eigenvalue weighted by molar-refractivity contribution is 6.31. The van der Waals surface area contributed by atoms with Crippen LogP contribution in [0.25, 0.3) is 0 Å². The van der Waals surface area contributed by atoms with Crippen molar-refractivity contribution in [1.82, 2.24) is 9.80 Å². The second-order valence-corrected chi connectivity index (χ2v) is 5.94. The number of carbonyl (C=O) groups is 1. The third-order valence-electron chi connectivity index (χ3n) is 4.20. The van der Waals surface area contributed by atoms with Crippen LogP contribution in [0.2, 0.25) is 5.02 Å². The quantitative estimate of drug-likeness (QED) is 0.901. The molecule has 2 aliphatic rings. The molecule has 1 aromatic carbocycles. The lowest BCUT2D eigenvalue weighted by Crippen LogP contribution is -2.45. The Hall–Kier alpha value is -1.30. The lowest BCUT2D eigenvalue weighted by molar-refractivity contribution is 0.0185. The molecule has 0 spiro atoms. The smallest absolute Gasteiger partial charge is 0.257 e. The largest absolute Gasteiger partial charge is 0.507 e. The Kier molecular flexibility index (Phi) is 4.33. The molecule has 21 heavy (non-hydrogen) atoms. The number of phenolic OH excluding ortho intramolecular Hbond substituents is 1. The van der Waals surface area contributed by atoms with E-state index in [0.29, 0.717) is 24.2 Å². The number of benzene rings is 1. The van der Waals surface area contributed by atoms with Gasteiger partial charge in [0.05, 0.1) is 18.8 Å². The average molecular weight is 311 g/mol. The minimum absolute atomic E-state index is 0.0146. The minimum Gasteiger partial charge on any atom is -0.507 e. The number of rotatable bonds is 2. The van der Waals surface area contributed by atoms with Crippen molar-refractivity contribution in [3.63, 3.8) is 0 Å². The number of likely N-dealkylation sites (tertiary alicyclic amines) is 1. The van der Waals surface area contributed by atoms with Crippen molar-refractivity contribution in [2.45, 2.75) is 12.5 Å². The molecule has 1 amide bonds. The van der Waals surface area contributed by atoms with Gasteiger partial charge in [-0.25, -0.2) is 0 Å². The highest BCUT2D eigenvalue weighted by atomic mass is 35.5. The SMILES string of the molecule is O=C(c1cc(Cl)ccc1O)N1CCC(N2CCOCC2)C1. The van der Waals surface area contributed by atoms with Crippen LogP contribution < -0.4 is 0 Å². The third-order valence-corrected chi connectivity index (χ3v) is 4.44. The van der Waals surface area contributed by atoms with Crippen molar-refractivity contribution in [3.05, 3.63) is 28.8 Å². The summed E-state index contributed by atoms with van der Waals surface area (Å²) >= 11 is 5.91. The van der Waals surface area contributed by atoms with E-state index in [4.69, 9.17) is 16.3 Å². The predicted octanol–water partition coefficient (Wildman–Crippen LogP) is 1.59. The van der Waals surface area contributed by atoms with E-state index < -0.39 is 0 Å². The maximum atomic E-state index is 12.5. The van der Waals surface area contributed by atoms with Crippen LogP contribution in [-0.4, -0.2) is 66.2 Å². The van der Waals surface area contributed by atoms with Crippen molar-refractivity contribution in [1.29, 1.82) is 0 Å². The zero-order chi connectivity index (χ0) is 14.8. The predicted molar refractivity (Wildman–Crippen MR) is 79.8 cm³/mol. The van der Waals surface area contributed by atoms with Gasteiger partial charge in [-0.1, -0.05) is 11.6 Å². The Morgan fingerprint density at radius 1 is 1.29 bits per heavy atom. The van der Waals surface area contributed by atoms with Gasteiger partial charge in [0, 0.05) is 37.2 Å². The molecule has 2 aliphatic heterocycles. The van der Waals surface area contributed by atoms with Gasteiger partial charge in [-0.2, -0.15) is 0 Å². The Balaban J connectivity index is 1.67. The summed E-state index contributed by atoms with van der Waals surface area (Å²) in [5.74, 6) is -0.162. The molecule has 2 saturated heterocycles. The Morgan fingerprint density at radius 2 is 2.05 bits per heavy atom. The Morgan fingerprint density at radius 3 is 2.81 bits per heavy atom. The van der Waals surface area contributed by atoms with Crippen LogP contribution in [0.3, 0.4) is 0 Å². The molecule has 1 atom stereocenters. The van der Waals surface area contributed by atoms with Crippen LogP contribution in [0.1, 0.15) is 16.8 Å². The lowest BCUT2D eigenvalue weighted by Gasteiger charge is -2.32. The van der Waals surface area contributed by atoms with Crippen molar-refractivity contribution in [2.24, 2.45) is 0 Å². The van der Waals surface area contributed by atoms with Crippen LogP contribution in [0.5, 0.6) is 5.75 Å². The fourth-order valence-electron chi connectivity index (χ4n) is 3.02. The van der Waals surface area contributed by atoms with E-state index in [9.17, 15) is 9.90 Å². The molecule has 114 valence electrons. The van der Waals surface area contributed by atoms with E-state index in [2.05, 4.69) is 4.90 Å². The van der Waals surface area contributed by atoms with Crippen molar-refractivity contribution < 1.29 is 14.6 Å². The number of carbonyl (C=O) groups excluding carboxylic acids is 1. The first-order valence-electron chi connectivity index (χ1n) is 7.25. The van der Waals surface area contributed by atoms with Gasteiger partial charge in [0.15, 0.2) is 0 Å². The number of halogens is 1. The maximum absolute atomic E-state index is 12.5. The van der Waals surface area contributed by atoms with Crippen LogP contribution in [0, 0.1) is 0 Å². The number of phenols is 1. The molecule has 1 aromatic rings. The zero-order valence-corrected chi connectivity index (χ0v) is 12.6. The molecule has 3 rings (SSSR count).